The standard InChI is InChI=1S/C20H19F2N3O4/c21-14-4-5-16(17(22)11-14)19(27)23-12-18(26)24-15-3-1-2-13(10-15)20(28)25-6-8-29-9-7-25/h1-5,10-11H,6-9,12H2,(H,23,27)(H,24,26). The van der Waals surface area contributed by atoms with Crippen molar-refractivity contribution in [3.8, 4) is 0 Å². The normalized spacial score (nSPS) is 13.7. The van der Waals surface area contributed by atoms with E-state index in [4.69, 9.17) is 4.74 Å². The summed E-state index contributed by atoms with van der Waals surface area (Å²) in [5.74, 6) is -3.38. The molecule has 1 fully saturated rings. The Labute approximate surface area is 165 Å². The van der Waals surface area contributed by atoms with Crippen LogP contribution in [-0.4, -0.2) is 55.5 Å². The Morgan fingerprint density at radius 3 is 2.52 bits per heavy atom. The minimum Gasteiger partial charge on any atom is -0.378 e. The fourth-order valence-electron chi connectivity index (χ4n) is 2.81. The number of halogens is 2. The van der Waals surface area contributed by atoms with Gasteiger partial charge in [-0.1, -0.05) is 6.07 Å². The van der Waals surface area contributed by atoms with Gasteiger partial charge in [0.1, 0.15) is 11.6 Å². The van der Waals surface area contributed by atoms with E-state index in [2.05, 4.69) is 10.6 Å². The molecular weight excluding hydrogens is 384 g/mol. The number of nitrogens with one attached hydrogen (secondary N) is 2. The summed E-state index contributed by atoms with van der Waals surface area (Å²) in [4.78, 5) is 38.2. The van der Waals surface area contributed by atoms with Crippen molar-refractivity contribution in [1.82, 2.24) is 10.2 Å². The molecule has 0 atom stereocenters. The summed E-state index contributed by atoms with van der Waals surface area (Å²) < 4.78 is 31.7. The molecule has 0 aliphatic carbocycles. The van der Waals surface area contributed by atoms with Crippen LogP contribution in [0.1, 0.15) is 20.7 Å². The van der Waals surface area contributed by atoms with Crippen molar-refractivity contribution in [1.29, 1.82) is 0 Å². The summed E-state index contributed by atoms with van der Waals surface area (Å²) >= 11 is 0. The summed E-state index contributed by atoms with van der Waals surface area (Å²) in [5, 5.41) is 4.83. The zero-order valence-corrected chi connectivity index (χ0v) is 15.4. The molecule has 1 aliphatic heterocycles. The molecule has 1 heterocycles. The van der Waals surface area contributed by atoms with E-state index in [0.717, 1.165) is 12.1 Å². The molecule has 2 aromatic rings. The third kappa shape index (κ3) is 5.35. The molecule has 0 radical (unpaired) electrons. The van der Waals surface area contributed by atoms with Crippen LogP contribution in [0.5, 0.6) is 0 Å². The van der Waals surface area contributed by atoms with Crippen molar-refractivity contribution in [3.05, 3.63) is 65.2 Å². The molecule has 0 bridgehead atoms. The second-order valence-electron chi connectivity index (χ2n) is 6.34. The zero-order chi connectivity index (χ0) is 20.8. The summed E-state index contributed by atoms with van der Waals surface area (Å²) in [6.07, 6.45) is 0. The molecule has 0 unspecified atom stereocenters. The zero-order valence-electron chi connectivity index (χ0n) is 15.4. The van der Waals surface area contributed by atoms with Crippen molar-refractivity contribution in [2.24, 2.45) is 0 Å². The second kappa shape index (κ2) is 9.24. The maximum atomic E-state index is 13.6. The first-order chi connectivity index (χ1) is 13.9. The molecule has 0 spiro atoms. The highest BCUT2D eigenvalue weighted by Crippen LogP contribution is 2.14. The maximum Gasteiger partial charge on any atom is 0.254 e. The number of rotatable bonds is 5. The van der Waals surface area contributed by atoms with Gasteiger partial charge in [-0.15, -0.1) is 0 Å². The summed E-state index contributed by atoms with van der Waals surface area (Å²) in [6, 6.07) is 8.97. The first-order valence-corrected chi connectivity index (χ1v) is 8.94. The molecule has 29 heavy (non-hydrogen) atoms. The van der Waals surface area contributed by atoms with E-state index < -0.39 is 30.0 Å². The van der Waals surface area contributed by atoms with Gasteiger partial charge in [0.05, 0.1) is 25.3 Å². The fraction of sp³-hybridized carbons (Fsp3) is 0.250. The second-order valence-corrected chi connectivity index (χ2v) is 6.34. The largest absolute Gasteiger partial charge is 0.378 e. The number of nitrogens with zero attached hydrogens (tertiary/aromatic N) is 1. The summed E-state index contributed by atoms with van der Waals surface area (Å²) in [7, 11) is 0. The van der Waals surface area contributed by atoms with Crippen molar-refractivity contribution in [3.63, 3.8) is 0 Å². The van der Waals surface area contributed by atoms with Crippen molar-refractivity contribution >= 4 is 23.4 Å². The third-order valence-electron chi connectivity index (χ3n) is 4.28. The highest BCUT2D eigenvalue weighted by molar-refractivity contribution is 6.00. The van der Waals surface area contributed by atoms with Crippen molar-refractivity contribution in [2.45, 2.75) is 0 Å². The Morgan fingerprint density at radius 2 is 1.79 bits per heavy atom. The number of hydrogen-bond donors (Lipinski definition) is 2. The van der Waals surface area contributed by atoms with Gasteiger partial charge in [0.2, 0.25) is 5.91 Å². The Bertz CT molecular complexity index is 930. The molecule has 2 N–H and O–H groups in total. The molecular formula is C20H19F2N3O4. The summed E-state index contributed by atoms with van der Waals surface area (Å²) in [6.45, 7) is 1.55. The SMILES string of the molecule is O=C(CNC(=O)c1ccc(F)cc1F)Nc1cccc(C(=O)N2CCOCC2)c1. The van der Waals surface area contributed by atoms with E-state index in [-0.39, 0.29) is 11.5 Å². The van der Waals surface area contributed by atoms with Crippen LogP contribution in [-0.2, 0) is 9.53 Å². The van der Waals surface area contributed by atoms with Gasteiger partial charge in [-0.3, -0.25) is 14.4 Å². The van der Waals surface area contributed by atoms with Gasteiger partial charge < -0.3 is 20.3 Å². The van der Waals surface area contributed by atoms with Gasteiger partial charge in [0, 0.05) is 30.4 Å². The molecule has 3 amide bonds. The lowest BCUT2D eigenvalue weighted by molar-refractivity contribution is -0.115. The molecule has 0 aromatic heterocycles. The lowest BCUT2D eigenvalue weighted by atomic mass is 10.1. The number of morpholine rings is 1. The summed E-state index contributed by atoms with van der Waals surface area (Å²) in [5.41, 5.74) is 0.441. The van der Waals surface area contributed by atoms with E-state index in [9.17, 15) is 23.2 Å². The average molecular weight is 403 g/mol. The van der Waals surface area contributed by atoms with Gasteiger partial charge in [0.15, 0.2) is 0 Å². The Morgan fingerprint density at radius 1 is 1.03 bits per heavy atom. The molecule has 1 saturated heterocycles. The van der Waals surface area contributed by atoms with Crippen LogP contribution in [0.15, 0.2) is 42.5 Å². The smallest absolute Gasteiger partial charge is 0.254 e. The third-order valence-corrected chi connectivity index (χ3v) is 4.28. The highest BCUT2D eigenvalue weighted by atomic mass is 19.1. The number of anilines is 1. The predicted octanol–water partition coefficient (Wildman–Crippen LogP) is 1.81. The number of carbonyl (C=O) groups excluding carboxylic acids is 3. The van der Waals surface area contributed by atoms with Crippen LogP contribution >= 0.6 is 0 Å². The van der Waals surface area contributed by atoms with Gasteiger partial charge >= 0.3 is 0 Å². The van der Waals surface area contributed by atoms with Crippen LogP contribution in [0.3, 0.4) is 0 Å². The minimum atomic E-state index is -1.02. The quantitative estimate of drug-likeness (QED) is 0.797. The van der Waals surface area contributed by atoms with E-state index >= 15 is 0 Å². The molecule has 9 heteroatoms. The Balaban J connectivity index is 1.56. The molecule has 2 aromatic carbocycles. The Kier molecular flexibility index (Phi) is 6.50. The van der Waals surface area contributed by atoms with Gasteiger partial charge in [-0.25, -0.2) is 8.78 Å². The van der Waals surface area contributed by atoms with Gasteiger partial charge in [-0.05, 0) is 30.3 Å². The molecule has 7 nitrogen and oxygen atoms in total. The van der Waals surface area contributed by atoms with E-state index in [1.165, 1.54) is 6.07 Å². The lowest BCUT2D eigenvalue weighted by Crippen LogP contribution is -2.40. The first kappa shape index (κ1) is 20.4. The minimum absolute atomic E-state index is 0.163. The van der Waals surface area contributed by atoms with E-state index in [1.54, 1.807) is 23.1 Å². The van der Waals surface area contributed by atoms with Gasteiger partial charge in [-0.2, -0.15) is 0 Å². The average Bonchev–Trinajstić information content (AvgIpc) is 2.72. The van der Waals surface area contributed by atoms with E-state index in [1.807, 2.05) is 0 Å². The van der Waals surface area contributed by atoms with Crippen LogP contribution in [0, 0.1) is 11.6 Å². The Hall–Kier alpha value is -3.33. The van der Waals surface area contributed by atoms with Crippen LogP contribution in [0.25, 0.3) is 0 Å². The van der Waals surface area contributed by atoms with E-state index in [0.29, 0.717) is 43.6 Å². The van der Waals surface area contributed by atoms with Crippen LogP contribution in [0.4, 0.5) is 14.5 Å². The van der Waals surface area contributed by atoms with Gasteiger partial charge in [0.25, 0.3) is 11.8 Å². The number of amides is 3. The number of ether oxygens (including phenoxy) is 1. The number of benzene rings is 2. The monoisotopic (exact) mass is 403 g/mol. The van der Waals surface area contributed by atoms with Crippen molar-refractivity contribution < 1.29 is 27.9 Å². The maximum absolute atomic E-state index is 13.6. The first-order valence-electron chi connectivity index (χ1n) is 8.94. The molecule has 3 rings (SSSR count). The predicted molar refractivity (Wildman–Crippen MR) is 100 cm³/mol. The molecule has 1 aliphatic rings. The number of hydrogen-bond acceptors (Lipinski definition) is 4. The van der Waals surface area contributed by atoms with Crippen molar-refractivity contribution in [2.75, 3.05) is 38.2 Å². The lowest BCUT2D eigenvalue weighted by Gasteiger charge is -2.27. The fourth-order valence-corrected chi connectivity index (χ4v) is 2.81. The number of carbonyl (C=O) groups is 3. The molecule has 152 valence electrons. The van der Waals surface area contributed by atoms with Crippen LogP contribution in [0.2, 0.25) is 0 Å². The highest BCUT2D eigenvalue weighted by Gasteiger charge is 2.19. The molecule has 0 saturated carbocycles. The van der Waals surface area contributed by atoms with Crippen LogP contribution < -0.4 is 10.6 Å². The topological polar surface area (TPSA) is 87.7 Å².